The van der Waals surface area contributed by atoms with Gasteiger partial charge < -0.3 is 4.57 Å². The van der Waals surface area contributed by atoms with Gasteiger partial charge in [0.1, 0.15) is 0 Å². The molecular formula is C25H17F3N2O6S. The molecule has 1 aromatic heterocycles. The summed E-state index contributed by atoms with van der Waals surface area (Å²) in [6, 6.07) is 14.3. The standard InChI is InChI=1S/C25H17F3N2O6S/c1-2-6-21(31)18-13-29(19-10-4-3-7-14(18)19)20-12-11-17-22-15(20)8-5-9-16(22)23(32)30(24(17)33)36-37(34,35)25(26,27)28/h3-5,7-13H,2,6H2,1H3. The van der Waals surface area contributed by atoms with Gasteiger partial charge in [-0.2, -0.15) is 21.6 Å². The van der Waals surface area contributed by atoms with Crippen molar-refractivity contribution in [2.75, 3.05) is 0 Å². The van der Waals surface area contributed by atoms with Crippen LogP contribution >= 0.6 is 0 Å². The highest BCUT2D eigenvalue weighted by Crippen LogP contribution is 2.37. The summed E-state index contributed by atoms with van der Waals surface area (Å²) in [7, 11) is -6.27. The normalized spacial score (nSPS) is 14.1. The van der Waals surface area contributed by atoms with Crippen molar-refractivity contribution in [3.63, 3.8) is 0 Å². The summed E-state index contributed by atoms with van der Waals surface area (Å²) in [6.07, 6.45) is 2.67. The van der Waals surface area contributed by atoms with Crippen LogP contribution in [0.15, 0.2) is 60.8 Å². The molecule has 0 spiro atoms. The number of rotatable bonds is 6. The van der Waals surface area contributed by atoms with E-state index in [9.17, 15) is 36.0 Å². The second kappa shape index (κ2) is 8.53. The number of hydroxylamine groups is 2. The van der Waals surface area contributed by atoms with Crippen LogP contribution in [0.2, 0.25) is 0 Å². The first kappa shape index (κ1) is 24.7. The predicted molar refractivity (Wildman–Crippen MR) is 127 cm³/mol. The summed E-state index contributed by atoms with van der Waals surface area (Å²) < 4.78 is 67.2. The molecular weight excluding hydrogens is 513 g/mol. The fourth-order valence-electron chi connectivity index (χ4n) is 4.44. The fourth-order valence-corrected chi connectivity index (χ4v) is 4.86. The largest absolute Gasteiger partial charge is 0.525 e. The number of benzene rings is 3. The van der Waals surface area contributed by atoms with Crippen molar-refractivity contribution < 1.29 is 40.3 Å². The molecule has 0 N–H and O–H groups in total. The number of hydrogen-bond donors (Lipinski definition) is 0. The van der Waals surface area contributed by atoms with Gasteiger partial charge in [0.05, 0.1) is 22.3 Å². The number of alkyl halides is 3. The number of aromatic nitrogens is 1. The number of carbonyl (C=O) groups excluding carboxylic acids is 3. The number of Topliss-reactive ketones (excluding diaryl/α,β-unsaturated/α-hetero) is 1. The molecule has 37 heavy (non-hydrogen) atoms. The Morgan fingerprint density at radius 1 is 0.919 bits per heavy atom. The SMILES string of the molecule is CCCC(=O)c1cn(-c2ccc3c4c(cccc24)C(=O)N(OS(=O)(=O)C(F)(F)F)C3=O)c2ccccc12. The molecule has 0 aliphatic carbocycles. The topological polar surface area (TPSA) is 103 Å². The van der Waals surface area contributed by atoms with E-state index >= 15 is 0 Å². The molecule has 0 fully saturated rings. The maximum absolute atomic E-state index is 12.9. The number of nitrogens with zero attached hydrogens (tertiary/aromatic N) is 2. The number of para-hydroxylation sites is 1. The van der Waals surface area contributed by atoms with Crippen LogP contribution in [0.5, 0.6) is 0 Å². The van der Waals surface area contributed by atoms with Gasteiger partial charge in [-0.25, -0.2) is 0 Å². The Morgan fingerprint density at radius 3 is 2.24 bits per heavy atom. The molecule has 8 nitrogen and oxygen atoms in total. The molecule has 0 atom stereocenters. The number of hydrogen-bond acceptors (Lipinski definition) is 6. The third-order valence-electron chi connectivity index (χ3n) is 6.05. The highest BCUT2D eigenvalue weighted by atomic mass is 32.2. The summed E-state index contributed by atoms with van der Waals surface area (Å²) in [6.45, 7) is 1.89. The Kier molecular flexibility index (Phi) is 5.68. The summed E-state index contributed by atoms with van der Waals surface area (Å²) >= 11 is 0. The van der Waals surface area contributed by atoms with Crippen molar-refractivity contribution >= 4 is 49.4 Å². The molecule has 2 amide bonds. The van der Waals surface area contributed by atoms with Gasteiger partial charge in [-0.15, -0.1) is 9.35 Å². The lowest BCUT2D eigenvalue weighted by molar-refractivity contribution is -0.0761. The summed E-state index contributed by atoms with van der Waals surface area (Å²) in [5, 5.41) is 0.834. The molecule has 0 radical (unpaired) electrons. The summed E-state index contributed by atoms with van der Waals surface area (Å²) in [5.41, 5.74) is -4.58. The minimum Gasteiger partial charge on any atom is -0.315 e. The molecule has 3 aromatic carbocycles. The lowest BCUT2D eigenvalue weighted by atomic mass is 9.94. The summed E-state index contributed by atoms with van der Waals surface area (Å²) in [4.78, 5) is 38.7. The number of imide groups is 1. The predicted octanol–water partition coefficient (Wildman–Crippen LogP) is 5.14. The zero-order valence-corrected chi connectivity index (χ0v) is 19.9. The molecule has 12 heteroatoms. The van der Waals surface area contributed by atoms with Gasteiger partial charge in [0.2, 0.25) is 0 Å². The highest BCUT2D eigenvalue weighted by Gasteiger charge is 2.51. The van der Waals surface area contributed by atoms with Crippen molar-refractivity contribution in [3.8, 4) is 5.69 Å². The van der Waals surface area contributed by atoms with E-state index in [0.29, 0.717) is 40.4 Å². The van der Waals surface area contributed by atoms with E-state index in [0.717, 1.165) is 0 Å². The first-order valence-corrected chi connectivity index (χ1v) is 12.5. The van der Waals surface area contributed by atoms with Crippen molar-refractivity contribution in [3.05, 3.63) is 77.5 Å². The van der Waals surface area contributed by atoms with Crippen LogP contribution in [-0.2, 0) is 14.4 Å². The molecule has 4 aromatic rings. The van der Waals surface area contributed by atoms with Crippen LogP contribution < -0.4 is 0 Å². The first-order valence-electron chi connectivity index (χ1n) is 11.1. The Bertz CT molecular complexity index is 1720. The maximum atomic E-state index is 12.9. The zero-order chi connectivity index (χ0) is 26.7. The average Bonchev–Trinajstić information content (AvgIpc) is 3.24. The van der Waals surface area contributed by atoms with Crippen LogP contribution in [0, 0.1) is 0 Å². The van der Waals surface area contributed by atoms with E-state index in [1.54, 1.807) is 35.0 Å². The molecule has 2 heterocycles. The van der Waals surface area contributed by atoms with E-state index < -0.39 is 32.5 Å². The molecule has 0 saturated heterocycles. The van der Waals surface area contributed by atoms with E-state index in [1.807, 2.05) is 13.0 Å². The van der Waals surface area contributed by atoms with Crippen LogP contribution in [0.1, 0.15) is 50.8 Å². The maximum Gasteiger partial charge on any atom is 0.525 e. The Labute approximate surface area is 207 Å². The van der Waals surface area contributed by atoms with Gasteiger partial charge in [0, 0.05) is 34.3 Å². The van der Waals surface area contributed by atoms with E-state index in [-0.39, 0.29) is 22.3 Å². The third-order valence-corrected chi connectivity index (χ3v) is 6.96. The van der Waals surface area contributed by atoms with Gasteiger partial charge in [-0.05, 0) is 30.7 Å². The van der Waals surface area contributed by atoms with Gasteiger partial charge >= 0.3 is 15.6 Å². The monoisotopic (exact) mass is 530 g/mol. The minimum absolute atomic E-state index is 0.0517. The number of amides is 2. The van der Waals surface area contributed by atoms with E-state index in [1.165, 1.54) is 24.3 Å². The smallest absolute Gasteiger partial charge is 0.315 e. The third kappa shape index (κ3) is 3.80. The Balaban J connectivity index is 1.70. The molecule has 0 unspecified atom stereocenters. The number of fused-ring (bicyclic) bond motifs is 1. The number of halogens is 3. The van der Waals surface area contributed by atoms with Gasteiger partial charge in [-0.1, -0.05) is 37.3 Å². The quantitative estimate of drug-likeness (QED) is 0.194. The highest BCUT2D eigenvalue weighted by molar-refractivity contribution is 7.87. The van der Waals surface area contributed by atoms with Crippen molar-refractivity contribution in [2.24, 2.45) is 0 Å². The molecule has 5 rings (SSSR count). The Morgan fingerprint density at radius 2 is 1.57 bits per heavy atom. The Hall–Kier alpha value is -4.03. The van der Waals surface area contributed by atoms with Crippen LogP contribution in [0.3, 0.4) is 0 Å². The van der Waals surface area contributed by atoms with E-state index in [4.69, 9.17) is 0 Å². The van der Waals surface area contributed by atoms with Crippen LogP contribution in [-0.4, -0.2) is 41.2 Å². The van der Waals surface area contributed by atoms with Gasteiger partial charge in [0.15, 0.2) is 5.78 Å². The molecule has 190 valence electrons. The molecule has 0 saturated carbocycles. The first-order chi connectivity index (χ1) is 17.5. The zero-order valence-electron chi connectivity index (χ0n) is 19.1. The number of ketones is 1. The summed E-state index contributed by atoms with van der Waals surface area (Å²) in [5.74, 6) is -2.77. The average molecular weight is 530 g/mol. The molecule has 1 aliphatic rings. The van der Waals surface area contributed by atoms with Gasteiger partial charge in [0.25, 0.3) is 11.8 Å². The van der Waals surface area contributed by atoms with Crippen molar-refractivity contribution in [2.45, 2.75) is 25.3 Å². The van der Waals surface area contributed by atoms with Crippen molar-refractivity contribution in [1.29, 1.82) is 0 Å². The van der Waals surface area contributed by atoms with E-state index in [2.05, 4.69) is 4.28 Å². The lowest BCUT2D eigenvalue weighted by Crippen LogP contribution is -2.44. The minimum atomic E-state index is -6.27. The number of carbonyl (C=O) groups is 3. The lowest BCUT2D eigenvalue weighted by Gasteiger charge is -2.26. The molecule has 0 bridgehead atoms. The second-order valence-corrected chi connectivity index (χ2v) is 9.86. The van der Waals surface area contributed by atoms with Crippen molar-refractivity contribution in [1.82, 2.24) is 9.63 Å². The molecule has 1 aliphatic heterocycles. The van der Waals surface area contributed by atoms with Crippen LogP contribution in [0.25, 0.3) is 27.4 Å². The second-order valence-electron chi connectivity index (χ2n) is 8.34. The van der Waals surface area contributed by atoms with Crippen LogP contribution in [0.4, 0.5) is 13.2 Å². The van der Waals surface area contributed by atoms with Gasteiger partial charge in [-0.3, -0.25) is 14.4 Å². The fraction of sp³-hybridized carbons (Fsp3) is 0.160.